The van der Waals surface area contributed by atoms with Gasteiger partial charge in [-0.2, -0.15) is 0 Å². The second kappa shape index (κ2) is 9.83. The third-order valence-electron chi connectivity index (χ3n) is 5.56. The summed E-state index contributed by atoms with van der Waals surface area (Å²) in [6.07, 6.45) is 4.09. The van der Waals surface area contributed by atoms with Crippen LogP contribution in [0.3, 0.4) is 0 Å². The summed E-state index contributed by atoms with van der Waals surface area (Å²) in [6, 6.07) is 13.2. The van der Waals surface area contributed by atoms with Crippen LogP contribution in [0.25, 0.3) is 11.3 Å². The van der Waals surface area contributed by atoms with Crippen LogP contribution in [-0.4, -0.2) is 37.3 Å². The lowest BCUT2D eigenvalue weighted by atomic mass is 10.1. The fourth-order valence-electron chi connectivity index (χ4n) is 3.90. The number of likely N-dealkylation sites (tertiary alicyclic amines) is 1. The monoisotopic (exact) mass is 424 g/mol. The van der Waals surface area contributed by atoms with Gasteiger partial charge in [0.1, 0.15) is 5.75 Å². The van der Waals surface area contributed by atoms with Gasteiger partial charge in [0.05, 0.1) is 32.5 Å². The average molecular weight is 425 g/mol. The number of hydrogen-bond donors (Lipinski definition) is 2. The van der Waals surface area contributed by atoms with Gasteiger partial charge in [-0.05, 0) is 42.3 Å². The minimum Gasteiger partial charge on any atom is -0.493 e. The number of hydrogen-bond acceptors (Lipinski definition) is 5. The molecule has 1 saturated heterocycles. The lowest BCUT2D eigenvalue weighted by Crippen LogP contribution is -3.11. The zero-order chi connectivity index (χ0) is 21.6. The number of furan rings is 1. The van der Waals surface area contributed by atoms with Gasteiger partial charge in [0, 0.05) is 24.5 Å². The zero-order valence-electron chi connectivity index (χ0n) is 18.1. The molecule has 3 aromatic rings. The summed E-state index contributed by atoms with van der Waals surface area (Å²) in [5, 5.41) is 6.97. The molecule has 1 aliphatic heterocycles. The highest BCUT2D eigenvalue weighted by molar-refractivity contribution is 5.93. The second-order valence-corrected chi connectivity index (χ2v) is 8.45. The van der Waals surface area contributed by atoms with Gasteiger partial charge in [-0.25, -0.2) is 0 Å². The first-order chi connectivity index (χ1) is 15.1. The zero-order valence-corrected chi connectivity index (χ0v) is 18.1. The maximum atomic E-state index is 12.7. The highest BCUT2D eigenvalue weighted by atomic mass is 16.5. The van der Waals surface area contributed by atoms with Crippen LogP contribution in [0.1, 0.15) is 49.0 Å². The molecule has 1 aromatic carbocycles. The van der Waals surface area contributed by atoms with E-state index in [4.69, 9.17) is 13.7 Å². The van der Waals surface area contributed by atoms with Crippen LogP contribution in [0.2, 0.25) is 0 Å². The van der Waals surface area contributed by atoms with Crippen molar-refractivity contribution in [2.75, 3.05) is 26.2 Å². The summed E-state index contributed by atoms with van der Waals surface area (Å²) in [5.41, 5.74) is 1.11. The van der Waals surface area contributed by atoms with Gasteiger partial charge >= 0.3 is 0 Å². The number of quaternary nitrogens is 1. The lowest BCUT2D eigenvalue weighted by molar-refractivity contribution is -0.919. The van der Waals surface area contributed by atoms with Gasteiger partial charge in [-0.15, -0.1) is 0 Å². The van der Waals surface area contributed by atoms with Gasteiger partial charge in [-0.3, -0.25) is 4.79 Å². The number of ether oxygens (including phenoxy) is 1. The van der Waals surface area contributed by atoms with Crippen LogP contribution in [0, 0.1) is 5.92 Å². The van der Waals surface area contributed by atoms with Crippen molar-refractivity contribution in [3.05, 3.63) is 60.2 Å². The Morgan fingerprint density at radius 1 is 1.19 bits per heavy atom. The molecule has 3 heterocycles. The van der Waals surface area contributed by atoms with Gasteiger partial charge in [0.2, 0.25) is 0 Å². The van der Waals surface area contributed by atoms with E-state index in [9.17, 15) is 4.79 Å². The van der Waals surface area contributed by atoms with Crippen LogP contribution in [0.5, 0.6) is 5.75 Å². The van der Waals surface area contributed by atoms with E-state index in [1.54, 1.807) is 12.3 Å². The molecule has 0 aliphatic carbocycles. The number of nitrogens with zero attached hydrogens (tertiary/aromatic N) is 1. The summed E-state index contributed by atoms with van der Waals surface area (Å²) in [5.74, 6) is 2.48. The second-order valence-electron chi connectivity index (χ2n) is 8.45. The minimum absolute atomic E-state index is 0.103. The van der Waals surface area contributed by atoms with E-state index in [0.29, 0.717) is 24.8 Å². The van der Waals surface area contributed by atoms with Crippen LogP contribution < -0.4 is 15.0 Å². The van der Waals surface area contributed by atoms with Crippen molar-refractivity contribution < 1.29 is 23.4 Å². The third kappa shape index (κ3) is 5.35. The Hall–Kier alpha value is -3.06. The molecule has 0 spiro atoms. The highest BCUT2D eigenvalue weighted by Crippen LogP contribution is 2.23. The molecule has 7 nitrogen and oxygen atoms in total. The molecule has 31 heavy (non-hydrogen) atoms. The molecule has 1 fully saturated rings. The van der Waals surface area contributed by atoms with Gasteiger partial charge in [0.15, 0.2) is 23.3 Å². The van der Waals surface area contributed by atoms with Crippen molar-refractivity contribution in [1.29, 1.82) is 0 Å². The van der Waals surface area contributed by atoms with Crippen LogP contribution in [-0.2, 0) is 0 Å². The van der Waals surface area contributed by atoms with Gasteiger partial charge in [-0.1, -0.05) is 19.0 Å². The molecule has 1 atom stereocenters. The fraction of sp³-hybridized carbons (Fsp3) is 0.417. The van der Waals surface area contributed by atoms with Gasteiger partial charge < -0.3 is 23.9 Å². The quantitative estimate of drug-likeness (QED) is 0.552. The molecule has 164 valence electrons. The molecule has 0 unspecified atom stereocenters. The molecule has 1 aliphatic rings. The SMILES string of the molecule is CC(C)COc1ccc(-c2cc(C(=O)NC[C@H](c3ccco3)[NH+]3CCCC3)no2)cc1. The molecular formula is C24H30N3O4+. The summed E-state index contributed by atoms with van der Waals surface area (Å²) in [4.78, 5) is 14.1. The number of carbonyl (C=O) groups is 1. The Labute approximate surface area is 182 Å². The van der Waals surface area contributed by atoms with Gasteiger partial charge in [0.25, 0.3) is 5.91 Å². The maximum absolute atomic E-state index is 12.7. The molecule has 4 rings (SSSR count). The van der Waals surface area contributed by atoms with E-state index in [1.165, 1.54) is 17.7 Å². The number of amides is 1. The van der Waals surface area contributed by atoms with E-state index >= 15 is 0 Å². The predicted octanol–water partition coefficient (Wildman–Crippen LogP) is 3.12. The third-order valence-corrected chi connectivity index (χ3v) is 5.56. The fourth-order valence-corrected chi connectivity index (χ4v) is 3.90. The van der Waals surface area contributed by atoms with Crippen molar-refractivity contribution in [2.24, 2.45) is 5.92 Å². The number of rotatable bonds is 9. The molecule has 2 N–H and O–H groups in total. The smallest absolute Gasteiger partial charge is 0.273 e. The number of carbonyl (C=O) groups excluding carboxylic acids is 1. The van der Waals surface area contributed by atoms with E-state index in [-0.39, 0.29) is 17.6 Å². The molecule has 0 radical (unpaired) electrons. The van der Waals surface area contributed by atoms with Crippen LogP contribution >= 0.6 is 0 Å². The Kier molecular flexibility index (Phi) is 6.72. The summed E-state index contributed by atoms with van der Waals surface area (Å²) < 4.78 is 16.8. The first-order valence-electron chi connectivity index (χ1n) is 11.0. The van der Waals surface area contributed by atoms with E-state index < -0.39 is 0 Å². The lowest BCUT2D eigenvalue weighted by Gasteiger charge is -2.22. The average Bonchev–Trinajstić information content (AvgIpc) is 3.55. The number of nitrogens with one attached hydrogen (secondary N) is 2. The minimum atomic E-state index is -0.248. The van der Waals surface area contributed by atoms with Crippen molar-refractivity contribution in [3.63, 3.8) is 0 Å². The summed E-state index contributed by atoms with van der Waals surface area (Å²) in [7, 11) is 0. The Bertz CT molecular complexity index is 957. The molecule has 0 saturated carbocycles. The molecule has 2 aromatic heterocycles. The predicted molar refractivity (Wildman–Crippen MR) is 116 cm³/mol. The maximum Gasteiger partial charge on any atom is 0.273 e. The normalized spacial score (nSPS) is 15.3. The first kappa shape index (κ1) is 21.2. The molecule has 0 bridgehead atoms. The standard InChI is InChI=1S/C24H29N3O4/c1-17(2)16-30-19-9-7-18(8-10-19)23-14-20(26-31-23)24(28)25-15-21(22-6-5-13-29-22)27-11-3-4-12-27/h5-10,13-14,17,21H,3-4,11-12,15-16H2,1-2H3,(H,25,28)/p+1/t21-/m1/s1. The largest absolute Gasteiger partial charge is 0.493 e. The molecule has 7 heteroatoms. The number of benzene rings is 1. The van der Waals surface area contributed by atoms with E-state index in [2.05, 4.69) is 24.3 Å². The summed E-state index contributed by atoms with van der Waals surface area (Å²) in [6.45, 7) is 7.56. The Morgan fingerprint density at radius 2 is 1.97 bits per heavy atom. The Balaban J connectivity index is 1.37. The van der Waals surface area contributed by atoms with E-state index in [1.807, 2.05) is 36.4 Å². The Morgan fingerprint density at radius 3 is 2.65 bits per heavy atom. The highest BCUT2D eigenvalue weighted by Gasteiger charge is 2.30. The molecular weight excluding hydrogens is 394 g/mol. The van der Waals surface area contributed by atoms with Crippen LogP contribution in [0.15, 0.2) is 57.7 Å². The van der Waals surface area contributed by atoms with Crippen molar-refractivity contribution in [3.8, 4) is 17.1 Å². The molecule has 1 amide bonds. The van der Waals surface area contributed by atoms with E-state index in [0.717, 1.165) is 30.2 Å². The topological polar surface area (TPSA) is 81.9 Å². The van der Waals surface area contributed by atoms with Crippen molar-refractivity contribution in [1.82, 2.24) is 10.5 Å². The van der Waals surface area contributed by atoms with Crippen molar-refractivity contribution >= 4 is 5.91 Å². The van der Waals surface area contributed by atoms with Crippen molar-refractivity contribution in [2.45, 2.75) is 32.7 Å². The summed E-state index contributed by atoms with van der Waals surface area (Å²) >= 11 is 0. The first-order valence-corrected chi connectivity index (χ1v) is 11.0. The number of aromatic nitrogens is 1. The van der Waals surface area contributed by atoms with Crippen LogP contribution in [0.4, 0.5) is 0 Å².